The van der Waals surface area contributed by atoms with E-state index in [1.165, 1.54) is 96.2 Å². The number of nitrogens with zero attached hydrogens (tertiary/aromatic N) is 3. The van der Waals surface area contributed by atoms with Crippen LogP contribution in [0.2, 0.25) is 0 Å². The van der Waals surface area contributed by atoms with Crippen molar-refractivity contribution < 1.29 is 68.2 Å². The number of aromatic nitrogens is 2. The van der Waals surface area contributed by atoms with Crippen LogP contribution in [0.1, 0.15) is 67.3 Å². The van der Waals surface area contributed by atoms with Gasteiger partial charge in [0.25, 0.3) is 5.91 Å². The number of furan rings is 2. The molecule has 10 rings (SSSR count). The molecule has 15 nitrogen and oxygen atoms in total. The van der Waals surface area contributed by atoms with Gasteiger partial charge in [-0.05, 0) is 150 Å². The van der Waals surface area contributed by atoms with Crippen LogP contribution in [0.25, 0.3) is 56.3 Å². The third-order valence-corrected chi connectivity index (χ3v) is 12.6. The highest BCUT2D eigenvalue weighted by molar-refractivity contribution is 5.96. The van der Waals surface area contributed by atoms with Crippen LogP contribution < -0.4 is 27.4 Å². The minimum absolute atomic E-state index is 0. The van der Waals surface area contributed by atoms with Gasteiger partial charge in [0, 0.05) is 54.0 Å². The van der Waals surface area contributed by atoms with Crippen molar-refractivity contribution in [3.05, 3.63) is 179 Å². The number of hydrogen-bond acceptors (Lipinski definition) is 11. The molecule has 2 fully saturated rings. The van der Waals surface area contributed by atoms with Gasteiger partial charge in [0.05, 0.1) is 36.3 Å². The standard InChI is InChI=1S/C29H24F4N4O3.C25H18F3N3O4.C4H8FN.ClH/c30-22-9-10-37(16-22)28(39)19-5-3-18(4-6-19)20-11-21-12-23(40-27(21)24(13-20)29(31,32)33)15-36-26(38)8-2-17-1-7-25(34)35-14-17;26-25(27,28)20-11-17(15-3-5-16(6-4-15)24(33)34)9-18-10-19(35-23(18)20)13-31-22(32)8-2-14-1-7-21(29)30-12-14;5-4-1-2-6-3-4;/h1-8,11-14,22H,9-10,15-16H2,(H2,34,35)(H,36,38);1-12H,13H2,(H2,29,30)(H,31,32)(H,33,34);4,6H,1-3H2;1H/b2*8-2+;;/t22-;;4-;/m1.1./s1. The molecular formula is C58H51ClF8N8O7. The lowest BCUT2D eigenvalue weighted by atomic mass is 9.99. The number of rotatable bonds is 12. The molecule has 0 spiro atoms. The van der Waals surface area contributed by atoms with Crippen LogP contribution in [0, 0.1) is 0 Å². The number of nitrogen functional groups attached to an aromatic ring is 2. The zero-order chi connectivity index (χ0) is 58.0. The second kappa shape index (κ2) is 26.5. The van der Waals surface area contributed by atoms with E-state index in [-0.39, 0.29) is 88.1 Å². The van der Waals surface area contributed by atoms with Gasteiger partial charge >= 0.3 is 18.3 Å². The first kappa shape index (κ1) is 60.5. The van der Waals surface area contributed by atoms with Crippen molar-refractivity contribution in [1.82, 2.24) is 30.8 Å². The van der Waals surface area contributed by atoms with E-state index in [2.05, 4.69) is 25.9 Å². The normalized spacial score (nSPS) is 15.2. The van der Waals surface area contributed by atoms with Crippen molar-refractivity contribution in [2.45, 2.75) is 50.6 Å². The van der Waals surface area contributed by atoms with Crippen LogP contribution in [0.4, 0.5) is 46.8 Å². The van der Waals surface area contributed by atoms with E-state index in [1.54, 1.807) is 42.5 Å². The molecule has 0 unspecified atom stereocenters. The summed E-state index contributed by atoms with van der Waals surface area (Å²) in [4.78, 5) is 57.2. The van der Waals surface area contributed by atoms with Crippen molar-refractivity contribution in [1.29, 1.82) is 0 Å². The first-order valence-corrected chi connectivity index (χ1v) is 24.9. The lowest BCUT2D eigenvalue weighted by Crippen LogP contribution is -2.28. The predicted octanol–water partition coefficient (Wildman–Crippen LogP) is 11.5. The van der Waals surface area contributed by atoms with E-state index in [0.29, 0.717) is 65.4 Å². The molecule has 2 aliphatic rings. The zero-order valence-corrected chi connectivity index (χ0v) is 43.8. The molecule has 428 valence electrons. The van der Waals surface area contributed by atoms with Gasteiger partial charge in [0.1, 0.15) is 46.7 Å². The monoisotopic (exact) mass is 1160 g/mol. The third kappa shape index (κ3) is 16.1. The van der Waals surface area contributed by atoms with E-state index in [0.717, 1.165) is 18.7 Å². The van der Waals surface area contributed by atoms with Gasteiger partial charge in [-0.15, -0.1) is 12.4 Å². The van der Waals surface area contributed by atoms with Crippen LogP contribution in [0.5, 0.6) is 0 Å². The number of alkyl halides is 8. The Hall–Kier alpha value is -9.09. The Balaban J connectivity index is 0.000000213. The molecule has 2 aliphatic heterocycles. The fraction of sp³-hybridized carbons (Fsp3) is 0.207. The molecule has 8 aromatic rings. The Kier molecular flexibility index (Phi) is 19.5. The number of hydrogen-bond donors (Lipinski definition) is 6. The topological polar surface area (TPSA) is 232 Å². The van der Waals surface area contributed by atoms with Gasteiger partial charge in [0.15, 0.2) is 0 Å². The number of carbonyl (C=O) groups excluding carboxylic acids is 3. The average Bonchev–Trinajstić information content (AvgIpc) is 3.49. The molecular weight excluding hydrogens is 1110 g/mol. The van der Waals surface area contributed by atoms with Crippen LogP contribution in [-0.4, -0.2) is 82.2 Å². The molecule has 0 radical (unpaired) electrons. The number of pyridine rings is 2. The van der Waals surface area contributed by atoms with E-state index < -0.39 is 53.6 Å². The van der Waals surface area contributed by atoms with Crippen molar-refractivity contribution in [3.63, 3.8) is 0 Å². The van der Waals surface area contributed by atoms with Crippen molar-refractivity contribution in [2.24, 2.45) is 0 Å². The summed E-state index contributed by atoms with van der Waals surface area (Å²) in [6.07, 6.45) is -1.45. The van der Waals surface area contributed by atoms with Crippen LogP contribution in [0.3, 0.4) is 0 Å². The number of halogens is 9. The number of anilines is 2. The summed E-state index contributed by atoms with van der Waals surface area (Å²) in [6, 6.07) is 26.1. The highest BCUT2D eigenvalue weighted by Gasteiger charge is 2.37. The second-order valence-corrected chi connectivity index (χ2v) is 18.6. The van der Waals surface area contributed by atoms with Gasteiger partial charge < -0.3 is 46.3 Å². The third-order valence-electron chi connectivity index (χ3n) is 12.6. The van der Waals surface area contributed by atoms with Gasteiger partial charge in [0.2, 0.25) is 11.8 Å². The smallest absolute Gasteiger partial charge is 0.420 e. The van der Waals surface area contributed by atoms with Crippen LogP contribution >= 0.6 is 12.4 Å². The summed E-state index contributed by atoms with van der Waals surface area (Å²) in [5.74, 6) is -1.43. The molecule has 3 amide bonds. The molecule has 2 atom stereocenters. The first-order chi connectivity index (χ1) is 38.6. The Morgan fingerprint density at radius 3 is 1.45 bits per heavy atom. The van der Waals surface area contributed by atoms with Crippen LogP contribution in [-0.2, 0) is 35.0 Å². The summed E-state index contributed by atoms with van der Waals surface area (Å²) in [6.45, 7) is 1.54. The van der Waals surface area contributed by atoms with Crippen molar-refractivity contribution in [3.8, 4) is 22.3 Å². The number of nitrogens with one attached hydrogen (secondary N) is 3. The number of likely N-dealkylation sites (tertiary alicyclic amines) is 1. The minimum Gasteiger partial charge on any atom is -0.478 e. The number of benzene rings is 4. The maximum Gasteiger partial charge on any atom is 0.420 e. The molecule has 4 aromatic heterocycles. The average molecular weight is 1160 g/mol. The second-order valence-electron chi connectivity index (χ2n) is 18.6. The molecule has 24 heteroatoms. The number of amides is 3. The summed E-state index contributed by atoms with van der Waals surface area (Å²) in [5, 5.41) is 17.5. The maximum absolute atomic E-state index is 14.0. The molecule has 0 saturated carbocycles. The van der Waals surface area contributed by atoms with E-state index in [9.17, 15) is 54.3 Å². The Morgan fingerprint density at radius 2 is 1.10 bits per heavy atom. The number of aromatic carboxylic acids is 1. The van der Waals surface area contributed by atoms with E-state index in [1.807, 2.05) is 0 Å². The van der Waals surface area contributed by atoms with Crippen molar-refractivity contribution in [2.75, 3.05) is 37.6 Å². The highest BCUT2D eigenvalue weighted by atomic mass is 35.5. The summed E-state index contributed by atoms with van der Waals surface area (Å²) in [5.41, 5.74) is 11.5. The van der Waals surface area contributed by atoms with E-state index >= 15 is 0 Å². The largest absolute Gasteiger partial charge is 0.478 e. The minimum atomic E-state index is -4.70. The molecule has 82 heavy (non-hydrogen) atoms. The summed E-state index contributed by atoms with van der Waals surface area (Å²) >= 11 is 0. The Bertz CT molecular complexity index is 3600. The molecule has 4 aromatic carbocycles. The fourth-order valence-corrected chi connectivity index (χ4v) is 8.50. The number of carboxylic acids is 1. The summed E-state index contributed by atoms with van der Waals surface area (Å²) < 4.78 is 119. The van der Waals surface area contributed by atoms with Gasteiger partial charge in [-0.3, -0.25) is 14.4 Å². The Morgan fingerprint density at radius 1 is 0.634 bits per heavy atom. The number of fused-ring (bicyclic) bond motifs is 2. The molecule has 8 N–H and O–H groups in total. The SMILES string of the molecule is Cl.F[C@@H]1CCNC1.Nc1ccc(/C=C/C(=O)NCc2cc3cc(-c4ccc(C(=O)N5CC[C@@H](F)C5)cc4)cc(C(F)(F)F)c3o2)cn1.Nc1ccc(/C=C/C(=O)NCc2cc3cc(-c4ccc(C(=O)O)cc4)cc(C(F)(F)F)c3o2)cn1. The first-order valence-electron chi connectivity index (χ1n) is 24.9. The highest BCUT2D eigenvalue weighted by Crippen LogP contribution is 2.41. The summed E-state index contributed by atoms with van der Waals surface area (Å²) in [7, 11) is 0. The van der Waals surface area contributed by atoms with Gasteiger partial charge in [-0.2, -0.15) is 26.3 Å². The lowest BCUT2D eigenvalue weighted by Gasteiger charge is -2.15. The lowest BCUT2D eigenvalue weighted by molar-refractivity contribution is -0.137. The molecule has 6 heterocycles. The quantitative estimate of drug-likeness (QED) is 0.0495. The predicted molar refractivity (Wildman–Crippen MR) is 294 cm³/mol. The van der Waals surface area contributed by atoms with Gasteiger partial charge in [-0.25, -0.2) is 23.5 Å². The fourth-order valence-electron chi connectivity index (χ4n) is 8.50. The number of carbonyl (C=O) groups is 4. The van der Waals surface area contributed by atoms with Crippen LogP contribution in [0.15, 0.2) is 143 Å². The number of nitrogens with two attached hydrogens (primary N) is 2. The van der Waals surface area contributed by atoms with Gasteiger partial charge in [-0.1, -0.05) is 24.3 Å². The Labute approximate surface area is 468 Å². The zero-order valence-electron chi connectivity index (χ0n) is 43.0. The molecule has 2 saturated heterocycles. The number of carboxylic acid groups (broad SMARTS) is 1. The molecule has 0 bridgehead atoms. The maximum atomic E-state index is 14.0. The van der Waals surface area contributed by atoms with E-state index in [4.69, 9.17) is 25.4 Å². The molecule has 0 aliphatic carbocycles. The van der Waals surface area contributed by atoms with Crippen molar-refractivity contribution >= 4 is 81.8 Å².